The van der Waals surface area contributed by atoms with Crippen molar-refractivity contribution >= 4 is 28.9 Å². The van der Waals surface area contributed by atoms with E-state index in [1.54, 1.807) is 12.1 Å². The molecule has 1 atom stereocenters. The van der Waals surface area contributed by atoms with Gasteiger partial charge < -0.3 is 14.8 Å². The Hall–Kier alpha value is -2.96. The zero-order valence-electron chi connectivity index (χ0n) is 20.3. The molecule has 6 heteroatoms. The fraction of sp³-hybridized carbons (Fsp3) is 0.233. The van der Waals surface area contributed by atoms with Crippen molar-refractivity contribution in [2.45, 2.75) is 32.1 Å². The van der Waals surface area contributed by atoms with E-state index in [1.807, 2.05) is 47.7 Å². The number of carbonyl (C=O) groups is 1. The van der Waals surface area contributed by atoms with E-state index in [-0.39, 0.29) is 12.1 Å². The van der Waals surface area contributed by atoms with Crippen molar-refractivity contribution in [3.63, 3.8) is 0 Å². The lowest BCUT2D eigenvalue weighted by atomic mass is 10.1. The molecule has 4 aromatic rings. The van der Waals surface area contributed by atoms with Crippen LogP contribution in [0.1, 0.15) is 42.9 Å². The lowest BCUT2D eigenvalue weighted by Gasteiger charge is -2.19. The van der Waals surface area contributed by atoms with Gasteiger partial charge in [0, 0.05) is 27.9 Å². The van der Waals surface area contributed by atoms with Crippen LogP contribution < -0.4 is 5.32 Å². The number of aryl methyl sites for hydroxylation is 2. The molecule has 1 N–H and O–H groups in total. The van der Waals surface area contributed by atoms with Gasteiger partial charge in [0.05, 0.1) is 25.4 Å². The zero-order chi connectivity index (χ0) is 25.2. The van der Waals surface area contributed by atoms with Crippen molar-refractivity contribution in [2.24, 2.45) is 0 Å². The molecule has 0 bridgehead atoms. The van der Waals surface area contributed by atoms with E-state index in [9.17, 15) is 4.79 Å². The molecule has 4 nitrogen and oxygen atoms in total. The minimum Gasteiger partial charge on any atom is -0.465 e. The molecule has 0 saturated heterocycles. The number of halogens is 1. The van der Waals surface area contributed by atoms with E-state index in [4.69, 9.17) is 21.1 Å². The molecule has 4 rings (SSSR count). The Labute approximate surface area is 221 Å². The Bertz CT molecular complexity index is 1240. The average molecular weight is 520 g/mol. The Morgan fingerprint density at radius 2 is 1.67 bits per heavy atom. The maximum atomic E-state index is 11.6. The molecule has 1 unspecified atom stereocenters. The predicted molar refractivity (Wildman–Crippen MR) is 147 cm³/mol. The van der Waals surface area contributed by atoms with Crippen molar-refractivity contribution in [1.29, 1.82) is 0 Å². The van der Waals surface area contributed by atoms with Gasteiger partial charge in [0.1, 0.15) is 0 Å². The Kier molecular flexibility index (Phi) is 9.70. The number of methoxy groups -OCH3 is 1. The lowest BCUT2D eigenvalue weighted by molar-refractivity contribution is 0.0411. The monoisotopic (exact) mass is 519 g/mol. The number of hydrogen-bond donors (Lipinski definition) is 1. The highest BCUT2D eigenvalue weighted by Crippen LogP contribution is 2.25. The van der Waals surface area contributed by atoms with Gasteiger partial charge in [-0.15, -0.1) is 11.3 Å². The van der Waals surface area contributed by atoms with Gasteiger partial charge >= 0.3 is 5.97 Å². The van der Waals surface area contributed by atoms with Crippen LogP contribution in [0.5, 0.6) is 0 Å². The number of nitrogens with one attached hydrogen (secondary N) is 1. The van der Waals surface area contributed by atoms with Crippen LogP contribution >= 0.6 is 22.9 Å². The first-order valence-corrected chi connectivity index (χ1v) is 13.2. The van der Waals surface area contributed by atoms with Crippen LogP contribution in [-0.2, 0) is 35.5 Å². The highest BCUT2D eigenvalue weighted by atomic mass is 35.5. The largest absolute Gasteiger partial charge is 0.465 e. The van der Waals surface area contributed by atoms with Gasteiger partial charge in [-0.1, -0.05) is 66.2 Å². The molecule has 0 aliphatic carbocycles. The molecular formula is C30H30ClNO3S. The Morgan fingerprint density at radius 1 is 0.889 bits per heavy atom. The minimum atomic E-state index is -0.333. The number of carbonyl (C=O) groups excluding carboxylic acids is 1. The summed E-state index contributed by atoms with van der Waals surface area (Å²) >= 11 is 8.07. The van der Waals surface area contributed by atoms with E-state index in [0.29, 0.717) is 30.3 Å². The highest BCUT2D eigenvalue weighted by Gasteiger charge is 2.14. The number of ether oxygens (including phenoxy) is 2. The molecule has 0 fully saturated rings. The highest BCUT2D eigenvalue weighted by molar-refractivity contribution is 7.11. The first-order chi connectivity index (χ1) is 17.6. The number of esters is 1. The molecule has 0 spiro atoms. The van der Waals surface area contributed by atoms with Gasteiger partial charge in [-0.25, -0.2) is 4.79 Å². The first-order valence-electron chi connectivity index (χ1n) is 12.0. The number of thiophene rings is 1. The summed E-state index contributed by atoms with van der Waals surface area (Å²) in [4.78, 5) is 14.2. The van der Waals surface area contributed by atoms with E-state index < -0.39 is 0 Å². The maximum Gasteiger partial charge on any atom is 0.337 e. The van der Waals surface area contributed by atoms with Gasteiger partial charge in [-0.05, 0) is 65.9 Å². The number of hydrogen-bond acceptors (Lipinski definition) is 5. The van der Waals surface area contributed by atoms with Gasteiger partial charge in [0.25, 0.3) is 0 Å². The van der Waals surface area contributed by atoms with Crippen LogP contribution in [0.25, 0.3) is 0 Å². The molecule has 0 amide bonds. The van der Waals surface area contributed by atoms with Gasteiger partial charge in [-0.2, -0.15) is 0 Å². The Morgan fingerprint density at radius 3 is 2.42 bits per heavy atom. The van der Waals surface area contributed by atoms with Gasteiger partial charge in [-0.3, -0.25) is 0 Å². The second kappa shape index (κ2) is 13.4. The van der Waals surface area contributed by atoms with Crippen LogP contribution in [0.2, 0.25) is 5.02 Å². The molecule has 0 aliphatic rings. The van der Waals surface area contributed by atoms with Crippen LogP contribution in [0.4, 0.5) is 0 Å². The Balaban J connectivity index is 1.33. The summed E-state index contributed by atoms with van der Waals surface area (Å²) in [6.45, 7) is 1.83. The summed E-state index contributed by atoms with van der Waals surface area (Å²) in [6, 6.07) is 30.2. The van der Waals surface area contributed by atoms with Crippen molar-refractivity contribution in [2.75, 3.05) is 13.7 Å². The maximum absolute atomic E-state index is 11.6. The quantitative estimate of drug-likeness (QED) is 0.204. The summed E-state index contributed by atoms with van der Waals surface area (Å²) in [7, 11) is 1.38. The van der Waals surface area contributed by atoms with Gasteiger partial charge in [0.2, 0.25) is 0 Å². The van der Waals surface area contributed by atoms with Crippen molar-refractivity contribution < 1.29 is 14.3 Å². The molecule has 1 heterocycles. The average Bonchev–Trinajstić information content (AvgIpc) is 3.37. The summed E-state index contributed by atoms with van der Waals surface area (Å²) in [5.41, 5.74) is 4.02. The zero-order valence-corrected chi connectivity index (χ0v) is 21.9. The molecule has 36 heavy (non-hydrogen) atoms. The molecule has 0 aliphatic heterocycles. The SMILES string of the molecule is COC(=O)c1ccc(CNCC(OCc2ccc(CCc3ccccc3)s2)c2cccc(Cl)c2)cc1. The second-order valence-electron chi connectivity index (χ2n) is 8.53. The van der Waals surface area contributed by atoms with E-state index >= 15 is 0 Å². The molecule has 1 aromatic heterocycles. The third-order valence-corrected chi connectivity index (χ3v) is 7.25. The predicted octanol–water partition coefficient (Wildman–Crippen LogP) is 7.02. The van der Waals surface area contributed by atoms with E-state index in [1.165, 1.54) is 22.4 Å². The smallest absolute Gasteiger partial charge is 0.337 e. The van der Waals surface area contributed by atoms with Crippen LogP contribution in [0, 0.1) is 0 Å². The molecule has 186 valence electrons. The lowest BCUT2D eigenvalue weighted by Crippen LogP contribution is -2.23. The summed E-state index contributed by atoms with van der Waals surface area (Å²) < 4.78 is 11.1. The molecule has 0 saturated carbocycles. The van der Waals surface area contributed by atoms with Crippen LogP contribution in [0.3, 0.4) is 0 Å². The number of rotatable bonds is 12. The third-order valence-electron chi connectivity index (χ3n) is 5.90. The molecule has 0 radical (unpaired) electrons. The van der Waals surface area contributed by atoms with E-state index in [2.05, 4.69) is 47.8 Å². The standard InChI is InChI=1S/C30H30ClNO3S/c1-34-30(33)24-13-10-23(11-14-24)19-32-20-29(25-8-5-9-26(31)18-25)35-21-28-17-16-27(36-28)15-12-22-6-3-2-4-7-22/h2-11,13-14,16-18,29,32H,12,15,19-21H2,1H3. The van der Waals surface area contributed by atoms with Crippen LogP contribution in [0.15, 0.2) is 91.0 Å². The normalized spacial score (nSPS) is 11.8. The fourth-order valence-electron chi connectivity index (χ4n) is 3.93. The van der Waals surface area contributed by atoms with Crippen LogP contribution in [-0.4, -0.2) is 19.6 Å². The van der Waals surface area contributed by atoms with Gasteiger partial charge in [0.15, 0.2) is 0 Å². The first kappa shape index (κ1) is 26.1. The minimum absolute atomic E-state index is 0.145. The molecule has 3 aromatic carbocycles. The van der Waals surface area contributed by atoms with Crippen molar-refractivity contribution in [3.8, 4) is 0 Å². The summed E-state index contributed by atoms with van der Waals surface area (Å²) in [5, 5.41) is 4.17. The van der Waals surface area contributed by atoms with E-state index in [0.717, 1.165) is 24.0 Å². The second-order valence-corrected chi connectivity index (χ2v) is 10.2. The summed E-state index contributed by atoms with van der Waals surface area (Å²) in [6.07, 6.45) is 1.92. The van der Waals surface area contributed by atoms with Crippen molar-refractivity contribution in [1.82, 2.24) is 5.32 Å². The number of benzene rings is 3. The fourth-order valence-corrected chi connectivity index (χ4v) is 5.07. The van der Waals surface area contributed by atoms with Crippen molar-refractivity contribution in [3.05, 3.63) is 128 Å². The topological polar surface area (TPSA) is 47.6 Å². The molecular weight excluding hydrogens is 490 g/mol. The third kappa shape index (κ3) is 7.77. The summed E-state index contributed by atoms with van der Waals surface area (Å²) in [5.74, 6) is -0.333.